The number of nitrogens with zero attached hydrogens (tertiary/aromatic N) is 1. The van der Waals surface area contributed by atoms with Crippen molar-refractivity contribution in [3.63, 3.8) is 0 Å². The predicted octanol–water partition coefficient (Wildman–Crippen LogP) is 2.24. The lowest BCUT2D eigenvalue weighted by molar-refractivity contribution is -0.138. The van der Waals surface area contributed by atoms with Crippen molar-refractivity contribution in [3.05, 3.63) is 54.1 Å². The summed E-state index contributed by atoms with van der Waals surface area (Å²) >= 11 is 1.23. The molecule has 1 aliphatic heterocycles. The maximum atomic E-state index is 12.9. The Balaban J connectivity index is 1.60. The number of hydrazine groups is 1. The minimum Gasteiger partial charge on any atom is -0.497 e. The van der Waals surface area contributed by atoms with Crippen molar-refractivity contribution in [1.82, 2.24) is 15.8 Å². The Kier molecular flexibility index (Phi) is 6.50. The van der Waals surface area contributed by atoms with Crippen molar-refractivity contribution in [2.45, 2.75) is 24.3 Å². The van der Waals surface area contributed by atoms with E-state index in [0.717, 1.165) is 4.90 Å². The fourth-order valence-electron chi connectivity index (χ4n) is 3.00. The van der Waals surface area contributed by atoms with Gasteiger partial charge in [0.1, 0.15) is 11.3 Å². The fraction of sp³-hybridized carbons (Fsp3) is 0.238. The van der Waals surface area contributed by atoms with E-state index in [1.165, 1.54) is 25.8 Å². The van der Waals surface area contributed by atoms with Gasteiger partial charge in [0.05, 0.1) is 12.9 Å². The Bertz CT molecular complexity index is 1010. The predicted molar refractivity (Wildman–Crippen MR) is 115 cm³/mol. The SMILES string of the molecule is COc1ccc([C@@]2(C)NC(=O)N(NC(=O)CSc3ccc(NC(C)=O)cc3)C2=O)cc1. The monoisotopic (exact) mass is 442 g/mol. The number of carbonyl (C=O) groups is 4. The van der Waals surface area contributed by atoms with Gasteiger partial charge >= 0.3 is 6.03 Å². The molecule has 0 unspecified atom stereocenters. The number of amides is 5. The van der Waals surface area contributed by atoms with Gasteiger partial charge in [-0.3, -0.25) is 19.8 Å². The van der Waals surface area contributed by atoms with Gasteiger partial charge in [0.25, 0.3) is 5.91 Å². The van der Waals surface area contributed by atoms with E-state index in [9.17, 15) is 19.2 Å². The summed E-state index contributed by atoms with van der Waals surface area (Å²) in [6.07, 6.45) is 0. The lowest BCUT2D eigenvalue weighted by atomic mass is 9.92. The molecule has 0 aromatic heterocycles. The maximum Gasteiger partial charge on any atom is 0.344 e. The third-order valence-corrected chi connectivity index (χ3v) is 5.65. The average molecular weight is 442 g/mol. The lowest BCUT2D eigenvalue weighted by Crippen LogP contribution is -2.48. The second-order valence-corrected chi connectivity index (χ2v) is 8.00. The van der Waals surface area contributed by atoms with Crippen LogP contribution in [-0.2, 0) is 19.9 Å². The molecule has 3 N–H and O–H groups in total. The van der Waals surface area contributed by atoms with Crippen molar-refractivity contribution >= 4 is 41.2 Å². The summed E-state index contributed by atoms with van der Waals surface area (Å²) in [5.74, 6) is -0.638. The largest absolute Gasteiger partial charge is 0.497 e. The van der Waals surface area contributed by atoms with Crippen molar-refractivity contribution in [1.29, 1.82) is 0 Å². The fourth-order valence-corrected chi connectivity index (χ4v) is 3.70. The van der Waals surface area contributed by atoms with Crippen LogP contribution in [0.5, 0.6) is 5.75 Å². The Morgan fingerprint density at radius 1 is 1.10 bits per heavy atom. The second-order valence-electron chi connectivity index (χ2n) is 6.95. The molecule has 0 saturated carbocycles. The van der Waals surface area contributed by atoms with E-state index in [2.05, 4.69) is 16.1 Å². The Hall–Kier alpha value is -3.53. The summed E-state index contributed by atoms with van der Waals surface area (Å²) in [5.41, 5.74) is 2.28. The van der Waals surface area contributed by atoms with E-state index in [4.69, 9.17) is 4.74 Å². The van der Waals surface area contributed by atoms with Crippen LogP contribution in [0.1, 0.15) is 19.4 Å². The third-order valence-electron chi connectivity index (χ3n) is 4.64. The van der Waals surface area contributed by atoms with E-state index in [1.807, 2.05) is 0 Å². The number of benzene rings is 2. The van der Waals surface area contributed by atoms with Gasteiger partial charge in [-0.1, -0.05) is 12.1 Å². The van der Waals surface area contributed by atoms with Gasteiger partial charge in [-0.05, 0) is 48.9 Å². The number of carbonyl (C=O) groups excluding carboxylic acids is 4. The van der Waals surface area contributed by atoms with Crippen LogP contribution in [0.15, 0.2) is 53.4 Å². The first-order valence-corrected chi connectivity index (χ1v) is 10.3. The number of imide groups is 1. The van der Waals surface area contributed by atoms with Crippen molar-refractivity contribution in [2.24, 2.45) is 0 Å². The molecule has 3 rings (SSSR count). The van der Waals surface area contributed by atoms with E-state index in [1.54, 1.807) is 55.5 Å². The van der Waals surface area contributed by atoms with Gasteiger partial charge in [-0.25, -0.2) is 4.79 Å². The van der Waals surface area contributed by atoms with Crippen LogP contribution in [0, 0.1) is 0 Å². The Morgan fingerprint density at radius 3 is 2.32 bits per heavy atom. The molecular weight excluding hydrogens is 420 g/mol. The summed E-state index contributed by atoms with van der Waals surface area (Å²) in [6, 6.07) is 13.0. The number of anilines is 1. The van der Waals surface area contributed by atoms with E-state index in [0.29, 0.717) is 22.0 Å². The van der Waals surface area contributed by atoms with E-state index in [-0.39, 0.29) is 11.7 Å². The van der Waals surface area contributed by atoms with E-state index < -0.39 is 23.4 Å². The summed E-state index contributed by atoms with van der Waals surface area (Å²) in [6.45, 7) is 3.00. The van der Waals surface area contributed by atoms with Crippen LogP contribution in [-0.4, -0.2) is 41.6 Å². The topological polar surface area (TPSA) is 117 Å². The van der Waals surface area contributed by atoms with Crippen LogP contribution in [0.2, 0.25) is 0 Å². The minimum atomic E-state index is -1.30. The third kappa shape index (κ3) is 4.97. The molecule has 1 atom stereocenters. The van der Waals surface area contributed by atoms with Gasteiger partial charge in [-0.15, -0.1) is 11.8 Å². The van der Waals surface area contributed by atoms with Gasteiger partial charge < -0.3 is 15.4 Å². The number of hydrogen-bond donors (Lipinski definition) is 3. The van der Waals surface area contributed by atoms with Crippen molar-refractivity contribution in [3.8, 4) is 5.75 Å². The molecule has 1 aliphatic rings. The van der Waals surface area contributed by atoms with Crippen LogP contribution in [0.25, 0.3) is 0 Å². The number of rotatable bonds is 7. The molecule has 10 heteroatoms. The number of nitrogens with one attached hydrogen (secondary N) is 3. The molecule has 1 fully saturated rings. The Labute approximate surface area is 183 Å². The molecule has 0 spiro atoms. The molecule has 162 valence electrons. The second kappa shape index (κ2) is 9.09. The van der Waals surface area contributed by atoms with Gasteiger partial charge in [0, 0.05) is 17.5 Å². The number of ether oxygens (including phenoxy) is 1. The highest BCUT2D eigenvalue weighted by Gasteiger charge is 2.50. The summed E-state index contributed by atoms with van der Waals surface area (Å²) in [5, 5.41) is 5.99. The zero-order valence-corrected chi connectivity index (χ0v) is 18.0. The molecule has 1 heterocycles. The molecule has 9 nitrogen and oxygen atoms in total. The summed E-state index contributed by atoms with van der Waals surface area (Å²) < 4.78 is 5.11. The van der Waals surface area contributed by atoms with Gasteiger partial charge in [0.15, 0.2) is 0 Å². The molecule has 2 aromatic rings. The number of urea groups is 1. The molecule has 0 radical (unpaired) electrons. The van der Waals surface area contributed by atoms with Crippen LogP contribution in [0.4, 0.5) is 10.5 Å². The van der Waals surface area contributed by atoms with Gasteiger partial charge in [-0.2, -0.15) is 5.01 Å². The highest BCUT2D eigenvalue weighted by molar-refractivity contribution is 8.00. The molecular formula is C21H22N4O5S. The maximum absolute atomic E-state index is 12.9. The molecule has 0 bridgehead atoms. The first kappa shape index (κ1) is 22.2. The molecule has 0 aliphatic carbocycles. The quantitative estimate of drug-likeness (QED) is 0.447. The first-order chi connectivity index (χ1) is 14.7. The van der Waals surface area contributed by atoms with Gasteiger partial charge in [0.2, 0.25) is 11.8 Å². The summed E-state index contributed by atoms with van der Waals surface area (Å²) in [4.78, 5) is 49.4. The minimum absolute atomic E-state index is 0.00417. The number of methoxy groups -OCH3 is 1. The van der Waals surface area contributed by atoms with E-state index >= 15 is 0 Å². The highest BCUT2D eigenvalue weighted by Crippen LogP contribution is 2.29. The summed E-state index contributed by atoms with van der Waals surface area (Å²) in [7, 11) is 1.53. The standard InChI is InChI=1S/C21H22N4O5S/c1-13(26)22-15-6-10-17(11-7-15)31-12-18(27)24-25-19(28)21(2,23-20(25)29)14-4-8-16(30-3)9-5-14/h4-11H,12H2,1-3H3,(H,22,26)(H,23,29)(H,24,27)/t21-/m1/s1. The smallest absolute Gasteiger partial charge is 0.344 e. The van der Waals surface area contributed by atoms with Crippen LogP contribution in [0.3, 0.4) is 0 Å². The number of hydrogen-bond acceptors (Lipinski definition) is 6. The molecule has 31 heavy (non-hydrogen) atoms. The molecule has 2 aromatic carbocycles. The van der Waals surface area contributed by atoms with Crippen LogP contribution < -0.4 is 20.8 Å². The zero-order chi connectivity index (χ0) is 22.6. The lowest BCUT2D eigenvalue weighted by Gasteiger charge is -2.22. The highest BCUT2D eigenvalue weighted by atomic mass is 32.2. The van der Waals surface area contributed by atoms with Crippen LogP contribution >= 0.6 is 11.8 Å². The normalized spacial score (nSPS) is 17.8. The first-order valence-electron chi connectivity index (χ1n) is 9.34. The zero-order valence-electron chi connectivity index (χ0n) is 17.2. The number of thioether (sulfide) groups is 1. The van der Waals surface area contributed by atoms with Crippen molar-refractivity contribution in [2.75, 3.05) is 18.2 Å². The average Bonchev–Trinajstić information content (AvgIpc) is 2.97. The van der Waals surface area contributed by atoms with Crippen molar-refractivity contribution < 1.29 is 23.9 Å². The molecule has 1 saturated heterocycles. The Morgan fingerprint density at radius 2 is 1.74 bits per heavy atom. The molecule has 5 amide bonds.